The number of carbonyl (C=O) groups excluding carboxylic acids is 2. The third-order valence-electron chi connectivity index (χ3n) is 3.27. The van der Waals surface area contributed by atoms with Gasteiger partial charge in [-0.15, -0.1) is 0 Å². The molecule has 0 aliphatic rings. The molecule has 0 atom stereocenters. The van der Waals surface area contributed by atoms with Gasteiger partial charge in [-0.2, -0.15) is 0 Å². The molecule has 0 aliphatic heterocycles. The summed E-state index contributed by atoms with van der Waals surface area (Å²) in [6.45, 7) is 0. The summed E-state index contributed by atoms with van der Waals surface area (Å²) in [7, 11) is 0. The summed E-state index contributed by atoms with van der Waals surface area (Å²) in [6, 6.07) is 12.9. The minimum absolute atomic E-state index is 0.0706. The maximum absolute atomic E-state index is 13.5. The van der Waals surface area contributed by atoms with Crippen molar-refractivity contribution in [3.8, 4) is 11.3 Å². The van der Waals surface area contributed by atoms with Gasteiger partial charge in [0.05, 0.1) is 5.56 Å². The van der Waals surface area contributed by atoms with E-state index >= 15 is 0 Å². The van der Waals surface area contributed by atoms with Crippen molar-refractivity contribution in [1.82, 2.24) is 16.0 Å². The number of benzene rings is 2. The van der Waals surface area contributed by atoms with E-state index < -0.39 is 29.0 Å². The lowest BCUT2D eigenvalue weighted by Crippen LogP contribution is -2.42. The second kappa shape index (κ2) is 6.91. The van der Waals surface area contributed by atoms with Crippen LogP contribution in [0.25, 0.3) is 11.3 Å². The third-order valence-corrected chi connectivity index (χ3v) is 3.27. The van der Waals surface area contributed by atoms with Gasteiger partial charge < -0.3 is 4.52 Å². The Morgan fingerprint density at radius 2 is 1.64 bits per heavy atom. The highest BCUT2D eigenvalue weighted by atomic mass is 19.1. The van der Waals surface area contributed by atoms with Crippen molar-refractivity contribution in [3.63, 3.8) is 0 Å². The summed E-state index contributed by atoms with van der Waals surface area (Å²) in [5, 5.41) is 3.61. The van der Waals surface area contributed by atoms with E-state index in [1.807, 2.05) is 11.5 Å². The van der Waals surface area contributed by atoms with Gasteiger partial charge in [0.1, 0.15) is 11.6 Å². The van der Waals surface area contributed by atoms with Gasteiger partial charge in [-0.25, -0.2) is 8.78 Å². The zero-order valence-corrected chi connectivity index (χ0v) is 12.6. The van der Waals surface area contributed by atoms with Crippen molar-refractivity contribution in [2.75, 3.05) is 0 Å². The number of carbonyl (C=O) groups is 2. The maximum atomic E-state index is 13.5. The topological polar surface area (TPSA) is 84.2 Å². The summed E-state index contributed by atoms with van der Waals surface area (Å²) in [6.07, 6.45) is 0. The monoisotopic (exact) mass is 343 g/mol. The van der Waals surface area contributed by atoms with Gasteiger partial charge >= 0.3 is 0 Å². The minimum Gasteiger partial charge on any atom is -0.355 e. The first-order valence-electron chi connectivity index (χ1n) is 7.12. The lowest BCUT2D eigenvalue weighted by molar-refractivity contribution is 0.0839. The highest BCUT2D eigenvalue weighted by molar-refractivity contribution is 5.98. The van der Waals surface area contributed by atoms with Crippen LogP contribution < -0.4 is 10.9 Å². The van der Waals surface area contributed by atoms with Crippen LogP contribution in [0.3, 0.4) is 0 Å². The molecule has 6 nitrogen and oxygen atoms in total. The van der Waals surface area contributed by atoms with E-state index in [0.29, 0.717) is 11.8 Å². The molecule has 0 aliphatic carbocycles. The van der Waals surface area contributed by atoms with Gasteiger partial charge in [-0.3, -0.25) is 20.4 Å². The SMILES string of the molecule is O=C(NNC(=O)c1ccc(F)cc1F)c1cc(-c2ccccc2)on1. The zero-order chi connectivity index (χ0) is 17.8. The van der Waals surface area contributed by atoms with Gasteiger partial charge in [0.15, 0.2) is 11.5 Å². The molecule has 8 heteroatoms. The maximum Gasteiger partial charge on any atom is 0.291 e. The van der Waals surface area contributed by atoms with Crippen molar-refractivity contribution in [2.24, 2.45) is 0 Å². The van der Waals surface area contributed by atoms with E-state index in [2.05, 4.69) is 10.6 Å². The summed E-state index contributed by atoms with van der Waals surface area (Å²) in [5.41, 5.74) is 4.35. The first-order valence-corrected chi connectivity index (χ1v) is 7.12. The molecule has 0 saturated heterocycles. The fraction of sp³-hybridized carbons (Fsp3) is 0. The van der Waals surface area contributed by atoms with Crippen LogP contribution in [0.4, 0.5) is 8.78 Å². The first kappa shape index (κ1) is 16.3. The lowest BCUT2D eigenvalue weighted by atomic mass is 10.1. The molecule has 0 radical (unpaired) electrons. The molecule has 126 valence electrons. The van der Waals surface area contributed by atoms with Gasteiger partial charge in [0, 0.05) is 17.7 Å². The van der Waals surface area contributed by atoms with Gasteiger partial charge in [0.25, 0.3) is 11.8 Å². The zero-order valence-electron chi connectivity index (χ0n) is 12.6. The highest BCUT2D eigenvalue weighted by Crippen LogP contribution is 2.19. The van der Waals surface area contributed by atoms with E-state index in [-0.39, 0.29) is 5.69 Å². The van der Waals surface area contributed by atoms with Crippen LogP contribution in [0.1, 0.15) is 20.8 Å². The molecule has 0 saturated carbocycles. The Balaban J connectivity index is 1.65. The Bertz CT molecular complexity index is 926. The van der Waals surface area contributed by atoms with E-state index in [9.17, 15) is 18.4 Å². The number of hydrazine groups is 1. The van der Waals surface area contributed by atoms with Gasteiger partial charge in [0.2, 0.25) is 0 Å². The fourth-order valence-corrected chi connectivity index (χ4v) is 2.04. The molecule has 2 amide bonds. The van der Waals surface area contributed by atoms with Gasteiger partial charge in [-0.1, -0.05) is 35.5 Å². The van der Waals surface area contributed by atoms with Crippen LogP contribution in [0.15, 0.2) is 59.1 Å². The number of halogens is 2. The Labute approximate surface area is 140 Å². The predicted molar refractivity (Wildman–Crippen MR) is 83.2 cm³/mol. The molecule has 25 heavy (non-hydrogen) atoms. The number of hydrogen-bond acceptors (Lipinski definition) is 4. The Morgan fingerprint density at radius 3 is 2.36 bits per heavy atom. The number of amides is 2. The van der Waals surface area contributed by atoms with Crippen molar-refractivity contribution in [1.29, 1.82) is 0 Å². The molecule has 1 heterocycles. The number of nitrogens with one attached hydrogen (secondary N) is 2. The van der Waals surface area contributed by atoms with E-state index in [1.165, 1.54) is 6.07 Å². The summed E-state index contributed by atoms with van der Waals surface area (Å²) < 4.78 is 31.4. The number of aromatic nitrogens is 1. The fourth-order valence-electron chi connectivity index (χ4n) is 2.04. The molecule has 0 bridgehead atoms. The van der Waals surface area contributed by atoms with E-state index in [4.69, 9.17) is 4.52 Å². The number of rotatable bonds is 3. The van der Waals surface area contributed by atoms with Gasteiger partial charge in [-0.05, 0) is 12.1 Å². The molecule has 0 unspecified atom stereocenters. The van der Waals surface area contributed by atoms with E-state index in [1.54, 1.807) is 24.3 Å². The Morgan fingerprint density at radius 1 is 0.920 bits per heavy atom. The smallest absolute Gasteiger partial charge is 0.291 e. The van der Waals surface area contributed by atoms with Crippen LogP contribution in [0.2, 0.25) is 0 Å². The standard InChI is InChI=1S/C17H11F2N3O3/c18-11-6-7-12(13(19)8-11)16(23)20-21-17(24)14-9-15(25-22-14)10-4-2-1-3-5-10/h1-9H,(H,20,23)(H,21,24). The Hall–Kier alpha value is -3.55. The minimum atomic E-state index is -1.04. The molecule has 0 spiro atoms. The molecule has 2 N–H and O–H groups in total. The molecule has 3 rings (SSSR count). The number of nitrogens with zero attached hydrogens (tertiary/aromatic N) is 1. The van der Waals surface area contributed by atoms with Crippen LogP contribution in [0, 0.1) is 11.6 Å². The van der Waals surface area contributed by atoms with Crippen LogP contribution in [0.5, 0.6) is 0 Å². The molecule has 0 fully saturated rings. The average molecular weight is 343 g/mol. The second-order valence-electron chi connectivity index (χ2n) is 4.97. The molecule has 2 aromatic carbocycles. The number of hydrogen-bond donors (Lipinski definition) is 2. The van der Waals surface area contributed by atoms with E-state index in [0.717, 1.165) is 17.7 Å². The predicted octanol–water partition coefficient (Wildman–Crippen LogP) is 2.69. The van der Waals surface area contributed by atoms with Crippen molar-refractivity contribution in [3.05, 3.63) is 77.5 Å². The third kappa shape index (κ3) is 3.69. The van der Waals surface area contributed by atoms with Crippen LogP contribution >= 0.6 is 0 Å². The molecule has 1 aromatic heterocycles. The largest absolute Gasteiger partial charge is 0.355 e. The summed E-state index contributed by atoms with van der Waals surface area (Å²) >= 11 is 0. The van der Waals surface area contributed by atoms with Crippen molar-refractivity contribution >= 4 is 11.8 Å². The lowest BCUT2D eigenvalue weighted by Gasteiger charge is -2.06. The average Bonchev–Trinajstić information content (AvgIpc) is 3.10. The quantitative estimate of drug-likeness (QED) is 0.716. The molecule has 3 aromatic rings. The second-order valence-corrected chi connectivity index (χ2v) is 4.97. The van der Waals surface area contributed by atoms with Crippen LogP contribution in [-0.2, 0) is 0 Å². The highest BCUT2D eigenvalue weighted by Gasteiger charge is 2.16. The summed E-state index contributed by atoms with van der Waals surface area (Å²) in [4.78, 5) is 23.8. The first-order chi connectivity index (χ1) is 12.0. The molecular formula is C17H11F2N3O3. The summed E-state index contributed by atoms with van der Waals surface area (Å²) in [5.74, 6) is -3.16. The normalized spacial score (nSPS) is 10.3. The van der Waals surface area contributed by atoms with Crippen molar-refractivity contribution in [2.45, 2.75) is 0 Å². The Kier molecular flexibility index (Phi) is 4.51. The van der Waals surface area contributed by atoms with Crippen molar-refractivity contribution < 1.29 is 22.9 Å². The molecular weight excluding hydrogens is 332 g/mol. The van der Waals surface area contributed by atoms with Crippen LogP contribution in [-0.4, -0.2) is 17.0 Å².